The number of aliphatic imine (C=N–C) groups is 1. The maximum atomic E-state index is 13.8. The van der Waals surface area contributed by atoms with Crippen molar-refractivity contribution < 1.29 is 19.1 Å². The second-order valence-corrected chi connectivity index (χ2v) is 13.6. The van der Waals surface area contributed by atoms with E-state index in [1.165, 1.54) is 17.8 Å². The molecule has 242 valence electrons. The molecule has 4 rings (SSSR count). The van der Waals surface area contributed by atoms with Gasteiger partial charge in [0.1, 0.15) is 6.10 Å². The van der Waals surface area contributed by atoms with Gasteiger partial charge in [0.2, 0.25) is 0 Å². The number of amides is 1. The first kappa shape index (κ1) is 34.1. The van der Waals surface area contributed by atoms with Gasteiger partial charge in [-0.05, 0) is 61.6 Å². The van der Waals surface area contributed by atoms with Gasteiger partial charge in [0.25, 0.3) is 0 Å². The van der Waals surface area contributed by atoms with Crippen LogP contribution in [0.4, 0.5) is 4.79 Å². The fourth-order valence-corrected chi connectivity index (χ4v) is 7.11. The van der Waals surface area contributed by atoms with Gasteiger partial charge in [-0.2, -0.15) is 0 Å². The maximum absolute atomic E-state index is 13.8. The highest BCUT2D eigenvalue weighted by atomic mass is 32.1. The molecular weight excluding hydrogens is 586 g/mol. The number of nitrogens with two attached hydrogens (primary N) is 2. The number of rotatable bonds is 16. The predicted octanol–water partition coefficient (Wildman–Crippen LogP) is 6.44. The SMILES string of the molecule is CC(C)C[C@H](NC(=O)OC(Cc1ccccc1)C1CCCCC1)C(=O)C[C@@H](CCCN=C(N)N)C(=O)c1nc2ccccc2s1. The molecule has 0 aliphatic heterocycles. The molecule has 3 atom stereocenters. The minimum Gasteiger partial charge on any atom is -0.446 e. The molecule has 10 heteroatoms. The Hall–Kier alpha value is -3.79. The van der Waals surface area contributed by atoms with Crippen LogP contribution < -0.4 is 16.8 Å². The van der Waals surface area contributed by atoms with Crippen molar-refractivity contribution >= 4 is 45.2 Å². The van der Waals surface area contributed by atoms with E-state index in [0.717, 1.165) is 41.5 Å². The lowest BCUT2D eigenvalue weighted by molar-refractivity contribution is -0.122. The Labute approximate surface area is 270 Å². The van der Waals surface area contributed by atoms with E-state index >= 15 is 0 Å². The van der Waals surface area contributed by atoms with Gasteiger partial charge >= 0.3 is 6.09 Å². The molecule has 45 heavy (non-hydrogen) atoms. The lowest BCUT2D eigenvalue weighted by Gasteiger charge is -2.31. The van der Waals surface area contributed by atoms with Crippen LogP contribution in [0.5, 0.6) is 0 Å². The van der Waals surface area contributed by atoms with Crippen molar-refractivity contribution in [2.24, 2.45) is 34.2 Å². The third-order valence-corrected chi connectivity index (χ3v) is 9.48. The molecule has 1 saturated carbocycles. The molecule has 9 nitrogen and oxygen atoms in total. The minimum atomic E-state index is -0.774. The van der Waals surface area contributed by atoms with E-state index in [0.29, 0.717) is 37.2 Å². The molecule has 5 N–H and O–H groups in total. The zero-order valence-electron chi connectivity index (χ0n) is 26.5. The van der Waals surface area contributed by atoms with Gasteiger partial charge in [0, 0.05) is 25.3 Å². The zero-order valence-corrected chi connectivity index (χ0v) is 27.3. The topological polar surface area (TPSA) is 150 Å². The summed E-state index contributed by atoms with van der Waals surface area (Å²) in [5, 5.41) is 3.28. The fourth-order valence-electron chi connectivity index (χ4n) is 6.12. The molecule has 3 aromatic rings. The van der Waals surface area contributed by atoms with Crippen LogP contribution in [0.1, 0.15) is 87.0 Å². The molecular formula is C35H47N5O4S. The van der Waals surface area contributed by atoms with Gasteiger partial charge in [0.05, 0.1) is 16.3 Å². The third kappa shape index (κ3) is 10.7. The van der Waals surface area contributed by atoms with Crippen molar-refractivity contribution in [3.05, 3.63) is 65.2 Å². The second kappa shape index (κ2) is 17.1. The normalized spacial score (nSPS) is 15.7. The first-order valence-corrected chi connectivity index (χ1v) is 17.0. The Balaban J connectivity index is 1.48. The van der Waals surface area contributed by atoms with Crippen molar-refractivity contribution in [3.63, 3.8) is 0 Å². The summed E-state index contributed by atoms with van der Waals surface area (Å²) in [5.41, 5.74) is 12.8. The van der Waals surface area contributed by atoms with Crippen molar-refractivity contribution in [2.75, 3.05) is 6.54 Å². The first-order chi connectivity index (χ1) is 21.7. The number of alkyl carbamates (subject to hydrolysis) is 1. The summed E-state index contributed by atoms with van der Waals surface area (Å²) in [5.74, 6) is -0.589. The quantitative estimate of drug-likeness (QED) is 0.0711. The molecule has 0 saturated heterocycles. The number of Topliss-reactive ketones (excluding diaryl/α,β-unsaturated/α-hetero) is 2. The molecule has 1 aromatic heterocycles. The number of thiazole rings is 1. The zero-order chi connectivity index (χ0) is 32.2. The average molecular weight is 634 g/mol. The number of carbonyl (C=O) groups excluding carboxylic acids is 3. The number of ketones is 2. The summed E-state index contributed by atoms with van der Waals surface area (Å²) in [6.07, 6.45) is 6.64. The van der Waals surface area contributed by atoms with Crippen molar-refractivity contribution in [1.29, 1.82) is 0 Å². The number of hydrogen-bond donors (Lipinski definition) is 3. The smallest absolute Gasteiger partial charge is 0.408 e. The number of nitrogens with one attached hydrogen (secondary N) is 1. The van der Waals surface area contributed by atoms with Crippen LogP contribution in [-0.2, 0) is 16.0 Å². The van der Waals surface area contributed by atoms with Crippen LogP contribution in [-0.4, -0.2) is 47.3 Å². The van der Waals surface area contributed by atoms with E-state index in [9.17, 15) is 14.4 Å². The molecule has 1 aliphatic carbocycles. The van der Waals surface area contributed by atoms with Crippen LogP contribution in [0.15, 0.2) is 59.6 Å². The lowest BCUT2D eigenvalue weighted by Crippen LogP contribution is -2.45. The van der Waals surface area contributed by atoms with Crippen LogP contribution in [0.25, 0.3) is 10.2 Å². The largest absolute Gasteiger partial charge is 0.446 e. The summed E-state index contributed by atoms with van der Waals surface area (Å²) in [4.78, 5) is 49.6. The number of ether oxygens (including phenoxy) is 1. The number of hydrogen-bond acceptors (Lipinski definition) is 7. The minimum absolute atomic E-state index is 0.0152. The summed E-state index contributed by atoms with van der Waals surface area (Å²) in [6, 6.07) is 16.9. The first-order valence-electron chi connectivity index (χ1n) is 16.2. The predicted molar refractivity (Wildman–Crippen MR) is 180 cm³/mol. The van der Waals surface area contributed by atoms with Crippen molar-refractivity contribution in [3.8, 4) is 0 Å². The third-order valence-electron chi connectivity index (χ3n) is 8.43. The molecule has 1 unspecified atom stereocenters. The number of guanidine groups is 1. The average Bonchev–Trinajstić information content (AvgIpc) is 3.46. The Morgan fingerprint density at radius 2 is 1.73 bits per heavy atom. The lowest BCUT2D eigenvalue weighted by atomic mass is 9.83. The Bertz CT molecular complexity index is 1400. The van der Waals surface area contributed by atoms with Crippen LogP contribution in [0.3, 0.4) is 0 Å². The van der Waals surface area contributed by atoms with Crippen LogP contribution >= 0.6 is 11.3 Å². The van der Waals surface area contributed by atoms with E-state index in [-0.39, 0.29) is 41.9 Å². The summed E-state index contributed by atoms with van der Waals surface area (Å²) >= 11 is 1.33. The summed E-state index contributed by atoms with van der Waals surface area (Å²) in [6.45, 7) is 4.36. The number of benzene rings is 2. The number of carbonyl (C=O) groups is 3. The van der Waals surface area contributed by atoms with Gasteiger partial charge in [0.15, 0.2) is 22.5 Å². The van der Waals surface area contributed by atoms with Gasteiger partial charge in [-0.25, -0.2) is 9.78 Å². The van der Waals surface area contributed by atoms with E-state index < -0.39 is 18.1 Å². The highest BCUT2D eigenvalue weighted by Gasteiger charge is 2.32. The maximum Gasteiger partial charge on any atom is 0.408 e. The number of para-hydroxylation sites is 1. The highest BCUT2D eigenvalue weighted by Crippen LogP contribution is 2.30. The molecule has 0 spiro atoms. The van der Waals surface area contributed by atoms with Gasteiger partial charge in [-0.3, -0.25) is 14.6 Å². The van der Waals surface area contributed by atoms with Gasteiger partial charge in [-0.15, -0.1) is 11.3 Å². The standard InChI is InChI=1S/C35H47N5O4S/c1-23(2)20-28(40-35(43)44-30(25-14-7-4-8-15-25)21-24-12-5-3-6-13-24)29(41)22-26(16-11-19-38-34(36)37)32(42)33-39-27-17-9-10-18-31(27)45-33/h3,5-6,9-10,12-13,17-18,23,25-26,28,30H,4,7-8,11,14-16,19-22H2,1-2H3,(H,40,43)(H4,36,37,38)/t26-,28+,30?/m1/s1. The van der Waals surface area contributed by atoms with E-state index in [1.807, 2.05) is 56.3 Å². The van der Waals surface area contributed by atoms with Gasteiger partial charge in [-0.1, -0.05) is 75.6 Å². The number of nitrogens with zero attached hydrogens (tertiary/aromatic N) is 2. The van der Waals surface area contributed by atoms with E-state index in [2.05, 4.69) is 27.4 Å². The fraction of sp³-hybridized carbons (Fsp3) is 0.514. The number of aromatic nitrogens is 1. The molecule has 0 radical (unpaired) electrons. The molecule has 1 fully saturated rings. The van der Waals surface area contributed by atoms with Gasteiger partial charge < -0.3 is 21.5 Å². The highest BCUT2D eigenvalue weighted by molar-refractivity contribution is 7.20. The molecule has 1 aliphatic rings. The van der Waals surface area contributed by atoms with E-state index in [1.54, 1.807) is 0 Å². The van der Waals surface area contributed by atoms with Crippen LogP contribution in [0, 0.1) is 17.8 Å². The molecule has 0 bridgehead atoms. The summed E-state index contributed by atoms with van der Waals surface area (Å²) < 4.78 is 7.01. The number of fused-ring (bicyclic) bond motifs is 1. The van der Waals surface area contributed by atoms with Crippen molar-refractivity contribution in [2.45, 2.75) is 90.2 Å². The summed E-state index contributed by atoms with van der Waals surface area (Å²) in [7, 11) is 0. The van der Waals surface area contributed by atoms with E-state index in [4.69, 9.17) is 16.2 Å². The Morgan fingerprint density at radius 3 is 2.42 bits per heavy atom. The molecule has 1 amide bonds. The second-order valence-electron chi connectivity index (χ2n) is 12.5. The Kier molecular flexibility index (Phi) is 12.9. The Morgan fingerprint density at radius 1 is 1.02 bits per heavy atom. The van der Waals surface area contributed by atoms with Crippen LogP contribution in [0.2, 0.25) is 0 Å². The monoisotopic (exact) mass is 633 g/mol. The molecule has 2 aromatic carbocycles. The molecule has 1 heterocycles. The van der Waals surface area contributed by atoms with Crippen molar-refractivity contribution in [1.82, 2.24) is 10.3 Å².